The second-order valence-electron chi connectivity index (χ2n) is 3.34. The molecule has 3 aromatic heterocycles. The average Bonchev–Trinajstić information content (AvgIpc) is 3.03. The molecule has 0 aromatic carbocycles. The van der Waals surface area contributed by atoms with E-state index in [1.54, 1.807) is 28.9 Å². The van der Waals surface area contributed by atoms with Crippen molar-refractivity contribution in [1.29, 1.82) is 0 Å². The Morgan fingerprint density at radius 3 is 3.00 bits per heavy atom. The number of rotatable bonds is 3. The molecule has 86 valence electrons. The van der Waals surface area contributed by atoms with Gasteiger partial charge in [-0.05, 0) is 23.7 Å². The van der Waals surface area contributed by atoms with E-state index in [-0.39, 0.29) is 0 Å². The van der Waals surface area contributed by atoms with Crippen molar-refractivity contribution >= 4 is 34.9 Å². The third kappa shape index (κ3) is 2.08. The van der Waals surface area contributed by atoms with Gasteiger partial charge in [-0.2, -0.15) is 5.10 Å². The van der Waals surface area contributed by atoms with Crippen LogP contribution in [-0.4, -0.2) is 19.7 Å². The standard InChI is InChI=1S/C10H8N4S3/c15-10-13-12-9(7-2-1-4-16-7)14(10)6-8-11-3-5-17-8/h1-5H,6H2,(H,13,15). The van der Waals surface area contributed by atoms with Crippen molar-refractivity contribution in [3.05, 3.63) is 38.9 Å². The van der Waals surface area contributed by atoms with E-state index in [1.807, 2.05) is 27.5 Å². The summed E-state index contributed by atoms with van der Waals surface area (Å²) in [7, 11) is 0. The fraction of sp³-hybridized carbons (Fsp3) is 0.100. The first-order valence-corrected chi connectivity index (χ1v) is 7.09. The first-order chi connectivity index (χ1) is 8.34. The number of nitrogens with one attached hydrogen (secondary N) is 1. The fourth-order valence-electron chi connectivity index (χ4n) is 1.52. The second kappa shape index (κ2) is 4.52. The topological polar surface area (TPSA) is 46.5 Å². The molecule has 0 fully saturated rings. The van der Waals surface area contributed by atoms with Crippen molar-refractivity contribution in [1.82, 2.24) is 19.7 Å². The van der Waals surface area contributed by atoms with E-state index in [1.165, 1.54) is 0 Å². The molecule has 0 radical (unpaired) electrons. The summed E-state index contributed by atoms with van der Waals surface area (Å²) in [6.07, 6.45) is 1.80. The van der Waals surface area contributed by atoms with Crippen LogP contribution in [-0.2, 0) is 6.54 Å². The molecule has 17 heavy (non-hydrogen) atoms. The van der Waals surface area contributed by atoms with Gasteiger partial charge < -0.3 is 0 Å². The molecule has 0 amide bonds. The van der Waals surface area contributed by atoms with Gasteiger partial charge in [-0.1, -0.05) is 6.07 Å². The molecule has 3 rings (SSSR count). The summed E-state index contributed by atoms with van der Waals surface area (Å²) in [5, 5.41) is 12.1. The molecule has 0 saturated heterocycles. The van der Waals surface area contributed by atoms with E-state index in [9.17, 15) is 0 Å². The smallest absolute Gasteiger partial charge is 0.195 e. The number of H-pyrrole nitrogens is 1. The Morgan fingerprint density at radius 1 is 1.35 bits per heavy atom. The van der Waals surface area contributed by atoms with E-state index >= 15 is 0 Å². The Balaban J connectivity index is 2.04. The highest BCUT2D eigenvalue weighted by Gasteiger charge is 2.10. The average molecular weight is 280 g/mol. The van der Waals surface area contributed by atoms with Gasteiger partial charge >= 0.3 is 0 Å². The maximum atomic E-state index is 5.25. The largest absolute Gasteiger partial charge is 0.293 e. The lowest BCUT2D eigenvalue weighted by molar-refractivity contribution is 0.785. The third-order valence-electron chi connectivity index (χ3n) is 2.28. The maximum Gasteiger partial charge on any atom is 0.195 e. The number of aromatic amines is 1. The summed E-state index contributed by atoms with van der Waals surface area (Å²) < 4.78 is 2.60. The lowest BCUT2D eigenvalue weighted by Crippen LogP contribution is -2.01. The molecular weight excluding hydrogens is 272 g/mol. The Hall–Kier alpha value is -1.31. The number of thiophene rings is 1. The summed E-state index contributed by atoms with van der Waals surface area (Å²) in [6, 6.07) is 4.04. The molecule has 0 aliphatic rings. The summed E-state index contributed by atoms with van der Waals surface area (Å²) >= 11 is 8.52. The van der Waals surface area contributed by atoms with E-state index in [4.69, 9.17) is 12.2 Å². The van der Waals surface area contributed by atoms with Gasteiger partial charge in [0.15, 0.2) is 10.6 Å². The molecular formula is C10H8N4S3. The van der Waals surface area contributed by atoms with Crippen LogP contribution in [0.2, 0.25) is 0 Å². The highest BCUT2D eigenvalue weighted by molar-refractivity contribution is 7.71. The van der Waals surface area contributed by atoms with Crippen LogP contribution in [0, 0.1) is 4.77 Å². The van der Waals surface area contributed by atoms with Gasteiger partial charge in [0.25, 0.3) is 0 Å². The third-order valence-corrected chi connectivity index (χ3v) is 4.22. The summed E-state index contributed by atoms with van der Waals surface area (Å²) in [5.74, 6) is 0.875. The van der Waals surface area contributed by atoms with Crippen LogP contribution in [0.15, 0.2) is 29.1 Å². The van der Waals surface area contributed by atoms with Gasteiger partial charge in [0.2, 0.25) is 0 Å². The Morgan fingerprint density at radius 2 is 2.29 bits per heavy atom. The molecule has 7 heteroatoms. The Labute approximate surface area is 111 Å². The van der Waals surface area contributed by atoms with E-state index in [0.717, 1.165) is 15.7 Å². The fourth-order valence-corrected chi connectivity index (χ4v) is 3.05. The SMILES string of the molecule is S=c1[nH]nc(-c2cccs2)n1Cc1nccs1. The van der Waals surface area contributed by atoms with Crippen molar-refractivity contribution in [2.24, 2.45) is 0 Å². The molecule has 0 bridgehead atoms. The molecule has 3 aromatic rings. The molecule has 4 nitrogen and oxygen atoms in total. The minimum absolute atomic E-state index is 0.628. The van der Waals surface area contributed by atoms with Gasteiger partial charge in [-0.25, -0.2) is 4.98 Å². The Bertz CT molecular complexity index is 648. The van der Waals surface area contributed by atoms with Gasteiger partial charge in [0.1, 0.15) is 5.01 Å². The molecule has 0 aliphatic carbocycles. The van der Waals surface area contributed by atoms with Gasteiger partial charge in [0, 0.05) is 11.6 Å². The van der Waals surface area contributed by atoms with Crippen LogP contribution in [0.25, 0.3) is 10.7 Å². The monoisotopic (exact) mass is 280 g/mol. The van der Waals surface area contributed by atoms with Crippen LogP contribution in [0.4, 0.5) is 0 Å². The molecule has 0 spiro atoms. The molecule has 0 unspecified atom stereocenters. The predicted octanol–water partition coefficient (Wildman–Crippen LogP) is 3.17. The first-order valence-electron chi connectivity index (χ1n) is 4.92. The van der Waals surface area contributed by atoms with Crippen LogP contribution in [0.5, 0.6) is 0 Å². The van der Waals surface area contributed by atoms with Crippen molar-refractivity contribution in [3.8, 4) is 10.7 Å². The summed E-state index contributed by atoms with van der Waals surface area (Å²) in [5.41, 5.74) is 0. The van der Waals surface area contributed by atoms with Crippen molar-refractivity contribution in [2.75, 3.05) is 0 Å². The zero-order valence-electron chi connectivity index (χ0n) is 8.66. The first kappa shape index (κ1) is 10.8. The molecule has 0 saturated carbocycles. The zero-order chi connectivity index (χ0) is 11.7. The van der Waals surface area contributed by atoms with Crippen LogP contribution in [0.1, 0.15) is 5.01 Å². The minimum atomic E-state index is 0.628. The second-order valence-corrected chi connectivity index (χ2v) is 5.66. The molecule has 0 atom stereocenters. The number of hydrogen-bond donors (Lipinski definition) is 1. The number of aromatic nitrogens is 4. The van der Waals surface area contributed by atoms with Crippen LogP contribution in [0.3, 0.4) is 0 Å². The molecule has 3 heterocycles. The maximum absolute atomic E-state index is 5.25. The summed E-state index contributed by atoms with van der Waals surface area (Å²) in [4.78, 5) is 5.37. The van der Waals surface area contributed by atoms with Crippen molar-refractivity contribution < 1.29 is 0 Å². The summed E-state index contributed by atoms with van der Waals surface area (Å²) in [6.45, 7) is 0.667. The number of nitrogens with zero attached hydrogens (tertiary/aromatic N) is 3. The van der Waals surface area contributed by atoms with E-state index in [0.29, 0.717) is 11.3 Å². The lowest BCUT2D eigenvalue weighted by atomic mass is 10.4. The highest BCUT2D eigenvalue weighted by atomic mass is 32.1. The van der Waals surface area contributed by atoms with Crippen LogP contribution >= 0.6 is 34.9 Å². The van der Waals surface area contributed by atoms with Crippen molar-refractivity contribution in [3.63, 3.8) is 0 Å². The van der Waals surface area contributed by atoms with Gasteiger partial charge in [-0.3, -0.25) is 9.67 Å². The minimum Gasteiger partial charge on any atom is -0.293 e. The highest BCUT2D eigenvalue weighted by Crippen LogP contribution is 2.23. The van der Waals surface area contributed by atoms with Crippen LogP contribution < -0.4 is 0 Å². The zero-order valence-corrected chi connectivity index (χ0v) is 11.1. The Kier molecular flexibility index (Phi) is 2.87. The van der Waals surface area contributed by atoms with Gasteiger partial charge in [0.05, 0.1) is 11.4 Å². The normalized spacial score (nSPS) is 10.8. The van der Waals surface area contributed by atoms with Gasteiger partial charge in [-0.15, -0.1) is 22.7 Å². The van der Waals surface area contributed by atoms with Crippen molar-refractivity contribution in [2.45, 2.75) is 6.54 Å². The van der Waals surface area contributed by atoms with E-state index < -0.39 is 0 Å². The number of hydrogen-bond acceptors (Lipinski definition) is 5. The molecule has 0 aliphatic heterocycles. The quantitative estimate of drug-likeness (QED) is 0.750. The van der Waals surface area contributed by atoms with E-state index in [2.05, 4.69) is 15.2 Å². The molecule has 1 N–H and O–H groups in total. The lowest BCUT2D eigenvalue weighted by Gasteiger charge is -2.02. The predicted molar refractivity (Wildman–Crippen MR) is 71.9 cm³/mol. The number of thiazole rings is 1.